The van der Waals surface area contributed by atoms with Crippen LogP contribution in [0.3, 0.4) is 0 Å². The number of nitrogens with one attached hydrogen (secondary N) is 1. The molecule has 0 radical (unpaired) electrons. The molecule has 1 aromatic carbocycles. The van der Waals surface area contributed by atoms with Gasteiger partial charge in [-0.2, -0.15) is 4.98 Å². The molecule has 0 spiro atoms. The summed E-state index contributed by atoms with van der Waals surface area (Å²) in [5.41, 5.74) is 6.25. The molecule has 0 saturated carbocycles. The van der Waals surface area contributed by atoms with Crippen LogP contribution in [0, 0.1) is 0 Å². The lowest BCUT2D eigenvalue weighted by Crippen LogP contribution is -2.33. The number of benzene rings is 1. The number of hydrogen-bond acceptors (Lipinski definition) is 6. The summed E-state index contributed by atoms with van der Waals surface area (Å²) in [5.74, 6) is 0.788. The average molecular weight is 339 g/mol. The van der Waals surface area contributed by atoms with Gasteiger partial charge < -0.3 is 20.3 Å². The third-order valence-corrected chi connectivity index (χ3v) is 3.46. The molecule has 1 aromatic heterocycles. The molecule has 23 heavy (non-hydrogen) atoms. The van der Waals surface area contributed by atoms with E-state index in [1.165, 1.54) is 7.11 Å². The van der Waals surface area contributed by atoms with Gasteiger partial charge in [-0.3, -0.25) is 4.79 Å². The summed E-state index contributed by atoms with van der Waals surface area (Å²) in [7, 11) is 1.53. The Morgan fingerprint density at radius 1 is 1.52 bits per heavy atom. The van der Waals surface area contributed by atoms with E-state index < -0.39 is 0 Å². The van der Waals surface area contributed by atoms with E-state index in [4.69, 9.17) is 26.6 Å². The number of carbonyl (C=O) groups is 1. The van der Waals surface area contributed by atoms with Gasteiger partial charge in [0.2, 0.25) is 17.6 Å². The summed E-state index contributed by atoms with van der Waals surface area (Å²) in [5, 5.41) is 7.28. The highest BCUT2D eigenvalue weighted by Crippen LogP contribution is 2.19. The van der Waals surface area contributed by atoms with Gasteiger partial charge in [-0.1, -0.05) is 28.9 Å². The number of carbonyl (C=O) groups excluding carboxylic acids is 1. The molecule has 124 valence electrons. The number of halogens is 1. The zero-order chi connectivity index (χ0) is 16.7. The summed E-state index contributed by atoms with van der Waals surface area (Å²) < 4.78 is 10.2. The summed E-state index contributed by atoms with van der Waals surface area (Å²) in [6, 6.07) is 7.20. The number of methoxy groups -OCH3 is 1. The van der Waals surface area contributed by atoms with Crippen LogP contribution in [0.1, 0.15) is 12.3 Å². The van der Waals surface area contributed by atoms with Crippen LogP contribution >= 0.6 is 11.6 Å². The third kappa shape index (κ3) is 5.31. The van der Waals surface area contributed by atoms with Gasteiger partial charge in [-0.05, 0) is 12.1 Å². The van der Waals surface area contributed by atoms with Crippen molar-refractivity contribution < 1.29 is 14.1 Å². The molecule has 0 aliphatic heterocycles. The van der Waals surface area contributed by atoms with E-state index in [9.17, 15) is 4.79 Å². The summed E-state index contributed by atoms with van der Waals surface area (Å²) in [4.78, 5) is 16.0. The maximum absolute atomic E-state index is 11.7. The molecule has 0 bridgehead atoms. The number of amides is 1. The van der Waals surface area contributed by atoms with Crippen LogP contribution in [0.15, 0.2) is 28.8 Å². The predicted octanol–water partition coefficient (Wildman–Crippen LogP) is 1.41. The average Bonchev–Trinajstić information content (AvgIpc) is 3.01. The van der Waals surface area contributed by atoms with Crippen molar-refractivity contribution in [2.45, 2.75) is 18.9 Å². The first-order chi connectivity index (χ1) is 11.1. The first-order valence-corrected chi connectivity index (χ1v) is 7.58. The topological polar surface area (TPSA) is 103 Å². The Hall–Kier alpha value is -1.96. The Kier molecular flexibility index (Phi) is 6.52. The minimum absolute atomic E-state index is 0.128. The number of nitrogens with zero attached hydrogens (tertiary/aromatic N) is 2. The Balaban J connectivity index is 1.82. The summed E-state index contributed by atoms with van der Waals surface area (Å²) in [6.07, 6.45) is 0.400. The van der Waals surface area contributed by atoms with Gasteiger partial charge in [-0.25, -0.2) is 0 Å². The van der Waals surface area contributed by atoms with E-state index in [1.54, 1.807) is 12.1 Å². The van der Waals surface area contributed by atoms with Crippen LogP contribution < -0.4 is 11.1 Å². The van der Waals surface area contributed by atoms with Crippen LogP contribution in [-0.4, -0.2) is 42.4 Å². The molecular weight excluding hydrogens is 320 g/mol. The molecular formula is C15H19ClN4O3. The standard InChI is InChI=1S/C15H19ClN4O3/c1-22-12(9-17)8-13(21)18-6-5-14-19-15(20-23-14)10-3-2-4-11(16)7-10/h2-4,7,12H,5-6,8-9,17H2,1H3,(H,18,21). The molecule has 0 aliphatic rings. The number of rotatable bonds is 8. The molecule has 1 heterocycles. The predicted molar refractivity (Wildman–Crippen MR) is 85.9 cm³/mol. The smallest absolute Gasteiger partial charge is 0.228 e. The van der Waals surface area contributed by atoms with E-state index in [0.717, 1.165) is 5.56 Å². The van der Waals surface area contributed by atoms with Crippen molar-refractivity contribution in [3.63, 3.8) is 0 Å². The lowest BCUT2D eigenvalue weighted by atomic mass is 10.2. The maximum Gasteiger partial charge on any atom is 0.228 e. The minimum atomic E-state index is -0.271. The zero-order valence-electron chi connectivity index (χ0n) is 12.8. The molecule has 8 heteroatoms. The van der Waals surface area contributed by atoms with Crippen molar-refractivity contribution in [2.24, 2.45) is 5.73 Å². The van der Waals surface area contributed by atoms with E-state index in [0.29, 0.717) is 36.2 Å². The van der Waals surface area contributed by atoms with Gasteiger partial charge in [0.05, 0.1) is 12.5 Å². The Labute approximate surface area is 139 Å². The zero-order valence-corrected chi connectivity index (χ0v) is 13.5. The summed E-state index contributed by atoms with van der Waals surface area (Å²) >= 11 is 5.93. The minimum Gasteiger partial charge on any atom is -0.380 e. The van der Waals surface area contributed by atoms with Crippen LogP contribution in [0.4, 0.5) is 0 Å². The van der Waals surface area contributed by atoms with Gasteiger partial charge in [-0.15, -0.1) is 0 Å². The second-order valence-electron chi connectivity index (χ2n) is 4.92. The second kappa shape index (κ2) is 8.61. The van der Waals surface area contributed by atoms with Gasteiger partial charge in [0, 0.05) is 37.2 Å². The van der Waals surface area contributed by atoms with Gasteiger partial charge >= 0.3 is 0 Å². The van der Waals surface area contributed by atoms with Crippen molar-refractivity contribution in [1.82, 2.24) is 15.5 Å². The molecule has 2 aromatic rings. The lowest BCUT2D eigenvalue weighted by Gasteiger charge is -2.11. The molecule has 0 aliphatic carbocycles. The number of aromatic nitrogens is 2. The van der Waals surface area contributed by atoms with Crippen LogP contribution in [0.2, 0.25) is 5.02 Å². The van der Waals surface area contributed by atoms with E-state index in [2.05, 4.69) is 15.5 Å². The normalized spacial score (nSPS) is 12.1. The number of hydrogen-bond donors (Lipinski definition) is 2. The molecule has 7 nitrogen and oxygen atoms in total. The first kappa shape index (κ1) is 17.4. The molecule has 1 unspecified atom stereocenters. The summed E-state index contributed by atoms with van der Waals surface area (Å²) in [6.45, 7) is 0.702. The van der Waals surface area contributed by atoms with Crippen molar-refractivity contribution in [1.29, 1.82) is 0 Å². The van der Waals surface area contributed by atoms with Crippen LogP contribution in [0.25, 0.3) is 11.4 Å². The Morgan fingerprint density at radius 2 is 2.35 bits per heavy atom. The van der Waals surface area contributed by atoms with Crippen molar-refractivity contribution in [2.75, 3.05) is 20.2 Å². The van der Waals surface area contributed by atoms with Crippen molar-refractivity contribution in [3.8, 4) is 11.4 Å². The van der Waals surface area contributed by atoms with Gasteiger partial charge in [0.25, 0.3) is 0 Å². The molecule has 0 saturated heterocycles. The van der Waals surface area contributed by atoms with Crippen molar-refractivity contribution in [3.05, 3.63) is 35.2 Å². The molecule has 1 atom stereocenters. The fourth-order valence-corrected chi connectivity index (χ4v) is 2.14. The largest absolute Gasteiger partial charge is 0.380 e. The Bertz CT molecular complexity index is 643. The van der Waals surface area contributed by atoms with E-state index >= 15 is 0 Å². The van der Waals surface area contributed by atoms with Gasteiger partial charge in [0.15, 0.2) is 0 Å². The van der Waals surface area contributed by atoms with E-state index in [-0.39, 0.29) is 18.4 Å². The molecule has 1 amide bonds. The fourth-order valence-electron chi connectivity index (χ4n) is 1.95. The van der Waals surface area contributed by atoms with Crippen molar-refractivity contribution >= 4 is 17.5 Å². The van der Waals surface area contributed by atoms with Crippen LogP contribution in [-0.2, 0) is 16.0 Å². The molecule has 3 N–H and O–H groups in total. The lowest BCUT2D eigenvalue weighted by molar-refractivity contribution is -0.123. The second-order valence-corrected chi connectivity index (χ2v) is 5.36. The third-order valence-electron chi connectivity index (χ3n) is 3.22. The number of ether oxygens (including phenoxy) is 1. The monoisotopic (exact) mass is 338 g/mol. The molecule has 2 rings (SSSR count). The fraction of sp³-hybridized carbons (Fsp3) is 0.400. The van der Waals surface area contributed by atoms with Crippen LogP contribution in [0.5, 0.6) is 0 Å². The highest BCUT2D eigenvalue weighted by molar-refractivity contribution is 6.30. The SMILES string of the molecule is COC(CN)CC(=O)NCCc1nc(-c2cccc(Cl)c2)no1. The highest BCUT2D eigenvalue weighted by atomic mass is 35.5. The Morgan fingerprint density at radius 3 is 3.04 bits per heavy atom. The highest BCUT2D eigenvalue weighted by Gasteiger charge is 2.12. The quantitative estimate of drug-likeness (QED) is 0.754. The molecule has 0 fully saturated rings. The van der Waals surface area contributed by atoms with E-state index in [1.807, 2.05) is 12.1 Å². The van der Waals surface area contributed by atoms with Gasteiger partial charge in [0.1, 0.15) is 0 Å². The number of nitrogens with two attached hydrogens (primary N) is 1. The first-order valence-electron chi connectivity index (χ1n) is 7.20. The maximum atomic E-state index is 11.7.